The van der Waals surface area contributed by atoms with Gasteiger partial charge in [0.05, 0.1) is 25.4 Å². The molecule has 3 rings (SSSR count). The molecule has 2 aromatic carbocycles. The Morgan fingerprint density at radius 2 is 1.60 bits per heavy atom. The number of carbonyl (C=O) groups is 3. The minimum absolute atomic E-state index is 0.00948. The van der Waals surface area contributed by atoms with Crippen molar-refractivity contribution in [2.75, 3.05) is 14.2 Å². The smallest absolute Gasteiger partial charge is 0.335 e. The number of Topliss-reactive ketones (excluding diaryl/α,β-unsaturated/α-hetero) is 2. The molecule has 0 heterocycles. The number of carboxylic acid groups (broad SMARTS) is 1. The number of hydrogen-bond acceptors (Lipinski definition) is 5. The highest BCUT2D eigenvalue weighted by molar-refractivity contribution is 6.41. The molecule has 0 spiro atoms. The Balaban J connectivity index is 2.04. The minimum Gasteiger partial charge on any atom is -0.493 e. The summed E-state index contributed by atoms with van der Waals surface area (Å²) in [5.41, 5.74) is 0.871. The molecule has 0 aliphatic heterocycles. The first-order valence-electron chi connectivity index (χ1n) is 7.36. The zero-order valence-electron chi connectivity index (χ0n) is 13.5. The molecule has 0 atom stereocenters. The van der Waals surface area contributed by atoms with E-state index in [0.717, 1.165) is 0 Å². The fourth-order valence-corrected chi connectivity index (χ4v) is 2.70. The Labute approximate surface area is 143 Å². The molecule has 0 saturated heterocycles. The summed E-state index contributed by atoms with van der Waals surface area (Å²) in [6.45, 7) is 0. The van der Waals surface area contributed by atoms with Gasteiger partial charge >= 0.3 is 5.97 Å². The monoisotopic (exact) mass is 338 g/mol. The van der Waals surface area contributed by atoms with Crippen molar-refractivity contribution in [3.8, 4) is 11.5 Å². The number of rotatable bonds is 4. The normalized spacial score (nSPS) is 14.6. The highest BCUT2D eigenvalue weighted by Gasteiger charge is 2.33. The summed E-state index contributed by atoms with van der Waals surface area (Å²) in [5, 5.41) is 9.04. The number of ether oxygens (including phenoxy) is 2. The first-order chi connectivity index (χ1) is 12.0. The Morgan fingerprint density at radius 1 is 0.920 bits per heavy atom. The van der Waals surface area contributed by atoms with Gasteiger partial charge in [-0.3, -0.25) is 9.59 Å². The number of carbonyl (C=O) groups excluding carboxylic acids is 2. The number of carboxylic acids is 1. The van der Waals surface area contributed by atoms with Crippen molar-refractivity contribution in [2.24, 2.45) is 0 Å². The molecule has 1 N–H and O–H groups in total. The van der Waals surface area contributed by atoms with E-state index in [1.54, 1.807) is 18.2 Å². The maximum absolute atomic E-state index is 12.5. The van der Waals surface area contributed by atoms with Crippen LogP contribution in [-0.2, 0) is 0 Å². The van der Waals surface area contributed by atoms with Gasteiger partial charge in [0.15, 0.2) is 23.1 Å². The number of aromatic carboxylic acids is 1. The molecular formula is C19H14O6. The number of fused-ring (bicyclic) bond motifs is 1. The van der Waals surface area contributed by atoms with Gasteiger partial charge in [-0.1, -0.05) is 6.07 Å². The Morgan fingerprint density at radius 3 is 2.24 bits per heavy atom. The van der Waals surface area contributed by atoms with Gasteiger partial charge < -0.3 is 14.6 Å². The van der Waals surface area contributed by atoms with Crippen LogP contribution in [0.15, 0.2) is 42.0 Å². The second-order valence-electron chi connectivity index (χ2n) is 5.40. The van der Waals surface area contributed by atoms with Crippen molar-refractivity contribution in [1.82, 2.24) is 0 Å². The second kappa shape index (κ2) is 6.24. The average molecular weight is 338 g/mol. The quantitative estimate of drug-likeness (QED) is 0.681. The molecular weight excluding hydrogens is 324 g/mol. The summed E-state index contributed by atoms with van der Waals surface area (Å²) < 4.78 is 10.4. The van der Waals surface area contributed by atoms with Crippen LogP contribution in [0.1, 0.15) is 36.6 Å². The first kappa shape index (κ1) is 16.4. The van der Waals surface area contributed by atoms with Crippen LogP contribution in [0.2, 0.25) is 0 Å². The molecule has 25 heavy (non-hydrogen) atoms. The molecule has 1 aliphatic rings. The molecule has 1 aliphatic carbocycles. The summed E-state index contributed by atoms with van der Waals surface area (Å²) >= 11 is 0. The molecule has 6 heteroatoms. The van der Waals surface area contributed by atoms with Gasteiger partial charge in [0, 0.05) is 11.1 Å². The lowest BCUT2D eigenvalue weighted by Gasteiger charge is -2.07. The molecule has 0 amide bonds. The van der Waals surface area contributed by atoms with Gasteiger partial charge in [-0.2, -0.15) is 0 Å². The van der Waals surface area contributed by atoms with Crippen LogP contribution in [-0.4, -0.2) is 36.9 Å². The summed E-state index contributed by atoms with van der Waals surface area (Å²) in [5.74, 6) is -1.06. The van der Waals surface area contributed by atoms with E-state index in [9.17, 15) is 14.4 Å². The lowest BCUT2D eigenvalue weighted by molar-refractivity contribution is 0.0696. The Kier molecular flexibility index (Phi) is 4.10. The van der Waals surface area contributed by atoms with Crippen LogP contribution in [0.25, 0.3) is 6.08 Å². The van der Waals surface area contributed by atoms with E-state index in [-0.39, 0.29) is 22.3 Å². The molecule has 126 valence electrons. The lowest BCUT2D eigenvalue weighted by atomic mass is 10.1. The fourth-order valence-electron chi connectivity index (χ4n) is 2.70. The van der Waals surface area contributed by atoms with Crippen molar-refractivity contribution < 1.29 is 29.0 Å². The number of benzene rings is 2. The summed E-state index contributed by atoms with van der Waals surface area (Å²) in [7, 11) is 3.00. The van der Waals surface area contributed by atoms with Gasteiger partial charge in [-0.15, -0.1) is 0 Å². The third kappa shape index (κ3) is 2.78. The van der Waals surface area contributed by atoms with Crippen LogP contribution in [0.3, 0.4) is 0 Å². The summed E-state index contributed by atoms with van der Waals surface area (Å²) in [6.07, 6.45) is 1.47. The van der Waals surface area contributed by atoms with Crippen molar-refractivity contribution >= 4 is 23.6 Å². The lowest BCUT2D eigenvalue weighted by Crippen LogP contribution is -2.01. The van der Waals surface area contributed by atoms with Crippen molar-refractivity contribution in [3.05, 3.63) is 64.2 Å². The molecule has 0 radical (unpaired) electrons. The molecule has 0 bridgehead atoms. The van der Waals surface area contributed by atoms with Gasteiger partial charge in [0.25, 0.3) is 0 Å². The summed E-state index contributed by atoms with van der Waals surface area (Å²) in [6, 6.07) is 8.93. The molecule has 0 aromatic heterocycles. The van der Waals surface area contributed by atoms with Crippen molar-refractivity contribution in [2.45, 2.75) is 0 Å². The van der Waals surface area contributed by atoms with Gasteiger partial charge in [0.1, 0.15) is 0 Å². The fraction of sp³-hybridized carbons (Fsp3) is 0.105. The highest BCUT2D eigenvalue weighted by Crippen LogP contribution is 2.32. The number of methoxy groups -OCH3 is 2. The number of ketones is 2. The maximum Gasteiger partial charge on any atom is 0.335 e. The Bertz CT molecular complexity index is 939. The zero-order valence-corrected chi connectivity index (χ0v) is 13.5. The largest absolute Gasteiger partial charge is 0.493 e. The van der Waals surface area contributed by atoms with Crippen LogP contribution < -0.4 is 9.47 Å². The van der Waals surface area contributed by atoms with Crippen molar-refractivity contribution in [3.63, 3.8) is 0 Å². The maximum atomic E-state index is 12.5. The van der Waals surface area contributed by atoms with E-state index in [4.69, 9.17) is 14.6 Å². The number of allylic oxidation sites excluding steroid dienone is 1. The molecule has 0 saturated carbocycles. The third-order valence-electron chi connectivity index (χ3n) is 3.96. The van der Waals surface area contributed by atoms with Crippen LogP contribution >= 0.6 is 0 Å². The second-order valence-corrected chi connectivity index (χ2v) is 5.40. The number of hydrogen-bond donors (Lipinski definition) is 1. The van der Waals surface area contributed by atoms with Crippen LogP contribution in [0.4, 0.5) is 0 Å². The molecule has 0 unspecified atom stereocenters. The predicted molar refractivity (Wildman–Crippen MR) is 89.6 cm³/mol. The van der Waals surface area contributed by atoms with E-state index >= 15 is 0 Å². The van der Waals surface area contributed by atoms with E-state index in [2.05, 4.69) is 0 Å². The highest BCUT2D eigenvalue weighted by atomic mass is 16.5. The predicted octanol–water partition coefficient (Wildman–Crippen LogP) is 2.86. The van der Waals surface area contributed by atoms with Gasteiger partial charge in [-0.05, 0) is 42.0 Å². The average Bonchev–Trinajstić information content (AvgIpc) is 2.86. The Hall–Kier alpha value is -3.41. The van der Waals surface area contributed by atoms with Crippen LogP contribution in [0.5, 0.6) is 11.5 Å². The molecule has 0 fully saturated rings. The molecule has 6 nitrogen and oxygen atoms in total. The standard InChI is InChI=1S/C19H14O6/c1-24-15-6-3-10(8-16(15)25-2)7-14-17(20)12-5-4-11(19(22)23)9-13(12)18(14)21/h3-9H,1-2H3,(H,22,23)/b14-7+. The van der Waals surface area contributed by atoms with Crippen molar-refractivity contribution in [1.29, 1.82) is 0 Å². The van der Waals surface area contributed by atoms with Gasteiger partial charge in [0.2, 0.25) is 0 Å². The van der Waals surface area contributed by atoms with E-state index in [1.165, 1.54) is 38.5 Å². The minimum atomic E-state index is -1.15. The SMILES string of the molecule is COc1ccc(/C=C2\C(=O)c3ccc(C(=O)O)cc3C2=O)cc1OC. The summed E-state index contributed by atoms with van der Waals surface area (Å²) in [4.78, 5) is 36.1. The van der Waals surface area contributed by atoms with E-state index in [1.807, 2.05) is 0 Å². The topological polar surface area (TPSA) is 89.9 Å². The van der Waals surface area contributed by atoms with Gasteiger partial charge in [-0.25, -0.2) is 4.79 Å². The van der Waals surface area contributed by atoms with E-state index < -0.39 is 17.5 Å². The molecule has 2 aromatic rings. The van der Waals surface area contributed by atoms with Crippen LogP contribution in [0, 0.1) is 0 Å². The van der Waals surface area contributed by atoms with E-state index in [0.29, 0.717) is 17.1 Å². The third-order valence-corrected chi connectivity index (χ3v) is 3.96. The first-order valence-corrected chi connectivity index (χ1v) is 7.36. The zero-order chi connectivity index (χ0) is 18.1.